The molecule has 0 aliphatic carbocycles. The van der Waals surface area contributed by atoms with E-state index in [0.29, 0.717) is 32.1 Å². The van der Waals surface area contributed by atoms with Gasteiger partial charge in [0.1, 0.15) is 30.5 Å². The molecule has 24 nitrogen and oxygen atoms in total. The fraction of sp³-hybridized carbons (Fsp3) is 0.686. The van der Waals surface area contributed by atoms with Crippen molar-refractivity contribution in [3.05, 3.63) is 0 Å². The Labute approximate surface area is 339 Å². The molecular weight excluding hydrogens is 780 g/mol. The summed E-state index contributed by atoms with van der Waals surface area (Å²) in [6, 6.07) is -6.49. The number of carboxylic acid groups (broad SMARTS) is 1. The van der Waals surface area contributed by atoms with E-state index in [0.717, 1.165) is 4.90 Å². The maximum absolute atomic E-state index is 13.7. The van der Waals surface area contributed by atoms with E-state index in [1.807, 2.05) is 0 Å². The lowest BCUT2D eigenvalue weighted by atomic mass is 10.1. The first-order valence-electron chi connectivity index (χ1n) is 19.4. The SMILES string of the molecule is CC(N)C(=O)NCC(=O)N1CCCC1C(=O)NC(CCCNC(=N)N)C(=O)NCC(=O)NC(CCC(=O)O)C(=O)N1CC(O)CC1C(=O)NCC(=O)N1CCCC1C=O. The number of β-amino-alcohol motifs (C(OH)–C–C–N with tert-alkyl or cyclic N) is 1. The van der Waals surface area contributed by atoms with Gasteiger partial charge in [0.05, 0.1) is 37.8 Å². The van der Waals surface area contributed by atoms with Crippen LogP contribution in [0.1, 0.15) is 64.7 Å². The molecule has 0 spiro atoms. The van der Waals surface area contributed by atoms with Gasteiger partial charge in [-0.05, 0) is 51.9 Å². The molecule has 0 aromatic carbocycles. The number of rotatable bonds is 21. The molecule has 8 amide bonds. The molecule has 0 saturated carbocycles. The van der Waals surface area contributed by atoms with Crippen molar-refractivity contribution in [1.82, 2.24) is 46.6 Å². The van der Waals surface area contributed by atoms with E-state index in [1.54, 1.807) is 0 Å². The molecule has 0 radical (unpaired) electrons. The number of nitrogens with zero attached hydrogens (tertiary/aromatic N) is 3. The zero-order valence-electron chi connectivity index (χ0n) is 32.9. The molecule has 3 saturated heterocycles. The number of nitrogens with one attached hydrogen (secondary N) is 7. The summed E-state index contributed by atoms with van der Waals surface area (Å²) in [4.78, 5) is 131. The van der Waals surface area contributed by atoms with Gasteiger partial charge < -0.3 is 73.1 Å². The third-order valence-corrected chi connectivity index (χ3v) is 10.1. The van der Waals surface area contributed by atoms with Crippen molar-refractivity contribution in [1.29, 1.82) is 5.41 Å². The molecule has 328 valence electrons. The van der Waals surface area contributed by atoms with Crippen LogP contribution in [-0.4, -0.2) is 179 Å². The Morgan fingerprint density at radius 1 is 0.797 bits per heavy atom. The molecule has 3 rings (SSSR count). The lowest BCUT2D eigenvalue weighted by Gasteiger charge is -2.29. The van der Waals surface area contributed by atoms with Crippen molar-refractivity contribution < 1.29 is 58.2 Å². The number of carbonyl (C=O) groups is 10. The second-order valence-electron chi connectivity index (χ2n) is 14.6. The van der Waals surface area contributed by atoms with E-state index in [1.165, 1.54) is 16.7 Å². The summed E-state index contributed by atoms with van der Waals surface area (Å²) in [5, 5.41) is 41.9. The van der Waals surface area contributed by atoms with Gasteiger partial charge in [-0.3, -0.25) is 48.6 Å². The molecule has 3 aliphatic heterocycles. The Hall–Kier alpha value is -5.91. The average molecular weight is 837 g/mol. The maximum Gasteiger partial charge on any atom is 0.303 e. The molecule has 13 N–H and O–H groups in total. The molecule has 24 heteroatoms. The first-order valence-corrected chi connectivity index (χ1v) is 19.4. The third kappa shape index (κ3) is 14.5. The third-order valence-electron chi connectivity index (χ3n) is 10.1. The Morgan fingerprint density at radius 2 is 1.44 bits per heavy atom. The van der Waals surface area contributed by atoms with Gasteiger partial charge in [-0.2, -0.15) is 0 Å². The van der Waals surface area contributed by atoms with E-state index >= 15 is 0 Å². The van der Waals surface area contributed by atoms with Crippen molar-refractivity contribution in [2.75, 3.05) is 45.8 Å². The van der Waals surface area contributed by atoms with Crippen molar-refractivity contribution >= 4 is 65.5 Å². The van der Waals surface area contributed by atoms with E-state index in [4.69, 9.17) is 16.9 Å². The Balaban J connectivity index is 1.65. The average Bonchev–Trinajstić information content (AvgIpc) is 3.97. The highest BCUT2D eigenvalue weighted by atomic mass is 16.4. The maximum atomic E-state index is 13.7. The predicted octanol–water partition coefficient (Wildman–Crippen LogP) is -6.08. The summed E-state index contributed by atoms with van der Waals surface area (Å²) in [6.07, 6.45) is 0.318. The van der Waals surface area contributed by atoms with Crippen molar-refractivity contribution in [3.8, 4) is 0 Å². The van der Waals surface area contributed by atoms with E-state index in [2.05, 4.69) is 31.9 Å². The lowest BCUT2D eigenvalue weighted by Crippen LogP contribution is -2.56. The van der Waals surface area contributed by atoms with Crippen LogP contribution < -0.4 is 43.4 Å². The second-order valence-corrected chi connectivity index (χ2v) is 14.6. The first kappa shape index (κ1) is 47.5. The van der Waals surface area contributed by atoms with Gasteiger partial charge in [-0.1, -0.05) is 0 Å². The standard InChI is InChI=1S/C35H56N12O12/c1-19(36)30(55)41-16-28(52)46-12-4-7-24(46)33(58)44-22(6-2-10-39-35(37)38)31(56)40-14-26(50)43-23(8-9-29(53)54)34(59)47-17-21(49)13-25(47)32(57)42-15-27(51)45-11-3-5-20(45)18-48/h18-25,49H,2-17,36H2,1H3,(H,40,56)(H,41,55)(H,42,57)(H,43,50)(H,44,58)(H,53,54)(H4,37,38,39). The lowest BCUT2D eigenvalue weighted by molar-refractivity contribution is -0.143. The van der Waals surface area contributed by atoms with Crippen LogP contribution in [0.15, 0.2) is 0 Å². The van der Waals surface area contributed by atoms with Gasteiger partial charge in [-0.15, -0.1) is 0 Å². The van der Waals surface area contributed by atoms with Crippen LogP contribution in [0.5, 0.6) is 0 Å². The minimum atomic E-state index is -1.52. The zero-order valence-corrected chi connectivity index (χ0v) is 32.9. The molecule has 59 heavy (non-hydrogen) atoms. The normalized spacial score (nSPS) is 21.4. The predicted molar refractivity (Wildman–Crippen MR) is 204 cm³/mol. The van der Waals surface area contributed by atoms with Crippen LogP contribution >= 0.6 is 0 Å². The largest absolute Gasteiger partial charge is 0.481 e. The molecule has 3 heterocycles. The molecule has 0 bridgehead atoms. The van der Waals surface area contributed by atoms with Crippen LogP contribution in [0, 0.1) is 5.41 Å². The van der Waals surface area contributed by atoms with Gasteiger partial charge in [0, 0.05) is 39.0 Å². The molecular formula is C35H56N12O12. The van der Waals surface area contributed by atoms with Gasteiger partial charge in [0.15, 0.2) is 5.96 Å². The molecule has 3 aliphatic rings. The number of guanidine groups is 1. The Bertz CT molecular complexity index is 1610. The molecule has 3 fully saturated rings. The number of carboxylic acids is 1. The van der Waals surface area contributed by atoms with Crippen molar-refractivity contribution in [2.24, 2.45) is 11.5 Å². The molecule has 0 aromatic heterocycles. The number of carbonyl (C=O) groups excluding carboxylic acids is 9. The highest BCUT2D eigenvalue weighted by molar-refractivity contribution is 5.97. The first-order chi connectivity index (χ1) is 27.9. The topological polar surface area (TPSA) is 369 Å². The minimum absolute atomic E-state index is 0.00760. The fourth-order valence-electron chi connectivity index (χ4n) is 7.02. The highest BCUT2D eigenvalue weighted by Crippen LogP contribution is 2.21. The monoisotopic (exact) mass is 836 g/mol. The zero-order chi connectivity index (χ0) is 43.8. The smallest absolute Gasteiger partial charge is 0.303 e. The number of likely N-dealkylation sites (tertiary alicyclic amines) is 3. The van der Waals surface area contributed by atoms with Gasteiger partial charge in [-0.25, -0.2) is 0 Å². The number of aliphatic hydroxyl groups is 1. The number of nitrogens with two attached hydrogens (primary N) is 2. The van der Waals surface area contributed by atoms with Crippen LogP contribution in [0.4, 0.5) is 0 Å². The van der Waals surface area contributed by atoms with Crippen LogP contribution in [0.25, 0.3) is 0 Å². The number of hydrogen-bond donors (Lipinski definition) is 11. The van der Waals surface area contributed by atoms with E-state index in [9.17, 15) is 58.2 Å². The number of aliphatic carboxylic acids is 1. The summed E-state index contributed by atoms with van der Waals surface area (Å²) in [6.45, 7) is 0.191. The van der Waals surface area contributed by atoms with Gasteiger partial charge >= 0.3 is 5.97 Å². The van der Waals surface area contributed by atoms with Crippen molar-refractivity contribution in [3.63, 3.8) is 0 Å². The summed E-state index contributed by atoms with van der Waals surface area (Å²) < 4.78 is 0. The van der Waals surface area contributed by atoms with E-state index in [-0.39, 0.29) is 51.3 Å². The number of aldehydes is 1. The van der Waals surface area contributed by atoms with Gasteiger partial charge in [0.25, 0.3) is 0 Å². The minimum Gasteiger partial charge on any atom is -0.481 e. The fourth-order valence-corrected chi connectivity index (χ4v) is 7.02. The molecule has 0 aromatic rings. The highest BCUT2D eigenvalue weighted by Gasteiger charge is 2.42. The molecule has 7 atom stereocenters. The summed E-state index contributed by atoms with van der Waals surface area (Å²) in [5.74, 6) is -7.36. The van der Waals surface area contributed by atoms with Crippen LogP contribution in [0.3, 0.4) is 0 Å². The number of hydrogen-bond acceptors (Lipinski definition) is 13. The second kappa shape index (κ2) is 22.9. The quantitative estimate of drug-likeness (QED) is 0.0222. The molecule has 7 unspecified atom stereocenters. The summed E-state index contributed by atoms with van der Waals surface area (Å²) in [5.41, 5.74) is 10.9. The van der Waals surface area contributed by atoms with E-state index < -0.39 is 128 Å². The number of aliphatic hydroxyl groups excluding tert-OH is 1. The van der Waals surface area contributed by atoms with Gasteiger partial charge in [0.2, 0.25) is 47.3 Å². The van der Waals surface area contributed by atoms with Crippen molar-refractivity contribution in [2.45, 2.75) is 107 Å². The van der Waals surface area contributed by atoms with Crippen LogP contribution in [-0.2, 0) is 47.9 Å². The summed E-state index contributed by atoms with van der Waals surface area (Å²) >= 11 is 0. The Morgan fingerprint density at radius 3 is 2.10 bits per heavy atom. The summed E-state index contributed by atoms with van der Waals surface area (Å²) in [7, 11) is 0. The number of amides is 8. The Kier molecular flexibility index (Phi) is 18.4. The van der Waals surface area contributed by atoms with Crippen LogP contribution in [0.2, 0.25) is 0 Å².